The van der Waals surface area contributed by atoms with Crippen molar-refractivity contribution in [1.82, 2.24) is 9.21 Å². The summed E-state index contributed by atoms with van der Waals surface area (Å²) in [5.41, 5.74) is 1.79. The maximum Gasteiger partial charge on any atom is 0.243 e. The molecule has 1 aliphatic heterocycles. The summed E-state index contributed by atoms with van der Waals surface area (Å²) in [5, 5.41) is 0. The first-order valence-electron chi connectivity index (χ1n) is 9.91. The fourth-order valence-electron chi connectivity index (χ4n) is 3.49. The van der Waals surface area contributed by atoms with Gasteiger partial charge in [-0.25, -0.2) is 8.42 Å². The molecule has 6 nitrogen and oxygen atoms in total. The van der Waals surface area contributed by atoms with E-state index in [4.69, 9.17) is 4.74 Å². The van der Waals surface area contributed by atoms with Crippen LogP contribution in [0.15, 0.2) is 53.4 Å². The number of carbonyl (C=O) groups excluding carboxylic acids is 1. The van der Waals surface area contributed by atoms with E-state index < -0.39 is 10.0 Å². The molecule has 0 bridgehead atoms. The van der Waals surface area contributed by atoms with Crippen molar-refractivity contribution in [2.75, 3.05) is 32.8 Å². The average Bonchev–Trinajstić information content (AvgIpc) is 2.71. The third-order valence-electron chi connectivity index (χ3n) is 5.09. The number of benzene rings is 2. The Bertz CT molecular complexity index is 937. The highest BCUT2D eigenvalue weighted by Crippen LogP contribution is 2.22. The van der Waals surface area contributed by atoms with Crippen LogP contribution < -0.4 is 4.74 Å². The molecule has 2 aromatic rings. The van der Waals surface area contributed by atoms with Gasteiger partial charge in [-0.15, -0.1) is 0 Å². The average molecular weight is 417 g/mol. The molecule has 0 unspecified atom stereocenters. The van der Waals surface area contributed by atoms with Crippen molar-refractivity contribution in [2.45, 2.75) is 31.6 Å². The standard InChI is InChI=1S/C22H28N2O4S/c1-18-10-11-21(19(2)17-18)29(26,27)24-14-12-23(13-15-24)22(25)9-6-16-28-20-7-4-3-5-8-20/h3-5,7-8,10-11,17H,6,9,12-16H2,1-2H3. The lowest BCUT2D eigenvalue weighted by Gasteiger charge is -2.34. The monoisotopic (exact) mass is 416 g/mol. The number of hydrogen-bond donors (Lipinski definition) is 0. The smallest absolute Gasteiger partial charge is 0.243 e. The largest absolute Gasteiger partial charge is 0.494 e. The maximum atomic E-state index is 12.9. The number of ether oxygens (including phenoxy) is 1. The van der Waals surface area contributed by atoms with E-state index in [1.807, 2.05) is 56.3 Å². The van der Waals surface area contributed by atoms with Crippen LogP contribution in [0.4, 0.5) is 0 Å². The zero-order chi connectivity index (χ0) is 20.9. The van der Waals surface area contributed by atoms with E-state index in [2.05, 4.69) is 0 Å². The summed E-state index contributed by atoms with van der Waals surface area (Å²) in [5.74, 6) is 0.843. The van der Waals surface area contributed by atoms with Crippen molar-refractivity contribution in [1.29, 1.82) is 0 Å². The van der Waals surface area contributed by atoms with Crippen molar-refractivity contribution in [3.63, 3.8) is 0 Å². The van der Waals surface area contributed by atoms with E-state index >= 15 is 0 Å². The Labute approximate surface area is 173 Å². The molecular weight excluding hydrogens is 388 g/mol. The Morgan fingerprint density at radius 1 is 1.00 bits per heavy atom. The number of hydrogen-bond acceptors (Lipinski definition) is 4. The summed E-state index contributed by atoms with van der Waals surface area (Å²) in [4.78, 5) is 14.5. The highest BCUT2D eigenvalue weighted by atomic mass is 32.2. The fourth-order valence-corrected chi connectivity index (χ4v) is 5.12. The van der Waals surface area contributed by atoms with Gasteiger partial charge in [0.1, 0.15) is 5.75 Å². The second-order valence-corrected chi connectivity index (χ2v) is 9.23. The minimum absolute atomic E-state index is 0.0465. The molecule has 1 aliphatic rings. The van der Waals surface area contributed by atoms with Crippen LogP contribution in [0.25, 0.3) is 0 Å². The van der Waals surface area contributed by atoms with Gasteiger partial charge in [-0.05, 0) is 44.0 Å². The summed E-state index contributed by atoms with van der Waals surface area (Å²) in [6.07, 6.45) is 1.03. The lowest BCUT2D eigenvalue weighted by Crippen LogP contribution is -2.50. The number of piperazine rings is 1. The lowest BCUT2D eigenvalue weighted by molar-refractivity contribution is -0.132. The van der Waals surface area contributed by atoms with Gasteiger partial charge in [-0.2, -0.15) is 4.31 Å². The quantitative estimate of drug-likeness (QED) is 0.651. The van der Waals surface area contributed by atoms with Crippen LogP contribution in [0.1, 0.15) is 24.0 Å². The summed E-state index contributed by atoms with van der Waals surface area (Å²) in [6.45, 7) is 5.72. The highest BCUT2D eigenvalue weighted by molar-refractivity contribution is 7.89. The zero-order valence-corrected chi connectivity index (χ0v) is 17.8. The van der Waals surface area contributed by atoms with Crippen LogP contribution in [-0.4, -0.2) is 56.3 Å². The molecule has 2 aromatic carbocycles. The topological polar surface area (TPSA) is 66.9 Å². The third-order valence-corrected chi connectivity index (χ3v) is 7.15. The molecule has 0 aliphatic carbocycles. The summed E-state index contributed by atoms with van der Waals surface area (Å²) in [7, 11) is -3.53. The summed E-state index contributed by atoms with van der Waals surface area (Å²) < 4.78 is 33.0. The number of sulfonamides is 1. The van der Waals surface area contributed by atoms with Crippen LogP contribution in [-0.2, 0) is 14.8 Å². The van der Waals surface area contributed by atoms with Gasteiger partial charge in [0.25, 0.3) is 0 Å². The predicted molar refractivity (Wildman–Crippen MR) is 112 cm³/mol. The van der Waals surface area contributed by atoms with Crippen LogP contribution in [0, 0.1) is 13.8 Å². The molecule has 0 N–H and O–H groups in total. The van der Waals surface area contributed by atoms with Crippen LogP contribution in [0.5, 0.6) is 5.75 Å². The molecule has 1 fully saturated rings. The van der Waals surface area contributed by atoms with Crippen molar-refractivity contribution in [2.24, 2.45) is 0 Å². The first kappa shape index (κ1) is 21.3. The Morgan fingerprint density at radius 2 is 1.69 bits per heavy atom. The van der Waals surface area contributed by atoms with E-state index in [0.29, 0.717) is 50.5 Å². The number of amides is 1. The van der Waals surface area contributed by atoms with Gasteiger partial charge in [-0.1, -0.05) is 35.9 Å². The Morgan fingerprint density at radius 3 is 2.34 bits per heavy atom. The van der Waals surface area contributed by atoms with Crippen LogP contribution in [0.3, 0.4) is 0 Å². The minimum atomic E-state index is -3.53. The van der Waals surface area contributed by atoms with Gasteiger partial charge < -0.3 is 9.64 Å². The van der Waals surface area contributed by atoms with Crippen molar-refractivity contribution in [3.05, 3.63) is 59.7 Å². The molecule has 0 radical (unpaired) electrons. The van der Waals surface area contributed by atoms with Gasteiger partial charge in [0.15, 0.2) is 0 Å². The number of aryl methyl sites for hydroxylation is 2. The van der Waals surface area contributed by atoms with Crippen LogP contribution in [0.2, 0.25) is 0 Å². The maximum absolute atomic E-state index is 12.9. The Balaban J connectivity index is 1.47. The van der Waals surface area contributed by atoms with E-state index in [1.165, 1.54) is 4.31 Å². The number of para-hydroxylation sites is 1. The number of rotatable bonds is 7. The third kappa shape index (κ3) is 5.36. The van der Waals surface area contributed by atoms with Crippen molar-refractivity contribution >= 4 is 15.9 Å². The first-order valence-corrected chi connectivity index (χ1v) is 11.3. The summed E-state index contributed by atoms with van der Waals surface area (Å²) >= 11 is 0. The van der Waals surface area contributed by atoms with Crippen molar-refractivity contribution in [3.8, 4) is 5.75 Å². The van der Waals surface area contributed by atoms with Crippen molar-refractivity contribution < 1.29 is 17.9 Å². The molecule has 3 rings (SSSR count). The zero-order valence-electron chi connectivity index (χ0n) is 17.0. The number of carbonyl (C=O) groups is 1. The van der Waals surface area contributed by atoms with E-state index in [1.54, 1.807) is 11.0 Å². The van der Waals surface area contributed by atoms with E-state index in [-0.39, 0.29) is 5.91 Å². The molecule has 1 saturated heterocycles. The van der Waals surface area contributed by atoms with Gasteiger partial charge in [0, 0.05) is 32.6 Å². The molecule has 0 atom stereocenters. The normalized spacial score (nSPS) is 15.3. The number of nitrogens with zero attached hydrogens (tertiary/aromatic N) is 2. The van der Waals surface area contributed by atoms with E-state index in [9.17, 15) is 13.2 Å². The van der Waals surface area contributed by atoms with Gasteiger partial charge >= 0.3 is 0 Å². The van der Waals surface area contributed by atoms with Crippen LogP contribution >= 0.6 is 0 Å². The Hall–Kier alpha value is -2.38. The van der Waals surface area contributed by atoms with Gasteiger partial charge in [0.05, 0.1) is 11.5 Å². The first-order chi connectivity index (χ1) is 13.9. The van der Waals surface area contributed by atoms with Gasteiger partial charge in [0.2, 0.25) is 15.9 Å². The lowest BCUT2D eigenvalue weighted by atomic mass is 10.2. The molecule has 7 heteroatoms. The molecule has 29 heavy (non-hydrogen) atoms. The second kappa shape index (κ2) is 9.41. The molecule has 0 saturated carbocycles. The van der Waals surface area contributed by atoms with Gasteiger partial charge in [-0.3, -0.25) is 4.79 Å². The second-order valence-electron chi connectivity index (χ2n) is 7.32. The molecule has 1 amide bonds. The minimum Gasteiger partial charge on any atom is -0.494 e. The molecular formula is C22H28N2O4S. The molecule has 1 heterocycles. The predicted octanol–water partition coefficient (Wildman–Crippen LogP) is 3.00. The fraction of sp³-hybridized carbons (Fsp3) is 0.409. The molecule has 0 spiro atoms. The van der Waals surface area contributed by atoms with E-state index in [0.717, 1.165) is 16.9 Å². The molecule has 0 aromatic heterocycles. The summed E-state index contributed by atoms with van der Waals surface area (Å²) in [6, 6.07) is 14.9. The SMILES string of the molecule is Cc1ccc(S(=O)(=O)N2CCN(C(=O)CCCOc3ccccc3)CC2)c(C)c1. The molecule has 156 valence electrons. The highest BCUT2D eigenvalue weighted by Gasteiger charge is 2.30. The Kier molecular flexibility index (Phi) is 6.92.